The SMILES string of the molecule is CCCCCCCCSCC(C)CSCCCCCCCCCCC(=O)OC. The third-order valence-electron chi connectivity index (χ3n) is 5.09. The number of thioether (sulfide) groups is 2. The molecule has 0 amide bonds. The summed E-state index contributed by atoms with van der Waals surface area (Å²) >= 11 is 4.33. The quantitative estimate of drug-likeness (QED) is 0.127. The van der Waals surface area contributed by atoms with Crippen molar-refractivity contribution in [3.05, 3.63) is 0 Å². The number of rotatable bonds is 22. The molecule has 0 aromatic carbocycles. The topological polar surface area (TPSA) is 26.3 Å². The highest BCUT2D eigenvalue weighted by molar-refractivity contribution is 8.00. The smallest absolute Gasteiger partial charge is 0.305 e. The van der Waals surface area contributed by atoms with E-state index in [0.717, 1.165) is 12.3 Å². The number of unbranched alkanes of at least 4 members (excludes halogenated alkanes) is 12. The molecule has 0 saturated heterocycles. The lowest BCUT2D eigenvalue weighted by Crippen LogP contribution is -2.03. The van der Waals surface area contributed by atoms with Gasteiger partial charge >= 0.3 is 5.97 Å². The van der Waals surface area contributed by atoms with Gasteiger partial charge in [0.15, 0.2) is 0 Å². The first-order chi connectivity index (χ1) is 13.7. The second kappa shape index (κ2) is 23.4. The molecule has 0 aromatic rings. The second-order valence-corrected chi connectivity index (χ2v) is 10.5. The van der Waals surface area contributed by atoms with Crippen LogP contribution in [-0.2, 0) is 9.53 Å². The zero-order chi connectivity index (χ0) is 20.7. The molecule has 0 fully saturated rings. The zero-order valence-electron chi connectivity index (χ0n) is 19.1. The van der Waals surface area contributed by atoms with E-state index in [4.69, 9.17) is 0 Å². The van der Waals surface area contributed by atoms with Crippen LogP contribution in [0.2, 0.25) is 0 Å². The fourth-order valence-corrected chi connectivity index (χ4v) is 5.58. The van der Waals surface area contributed by atoms with Crippen LogP contribution in [0.25, 0.3) is 0 Å². The van der Waals surface area contributed by atoms with Crippen molar-refractivity contribution < 1.29 is 9.53 Å². The molecule has 2 nitrogen and oxygen atoms in total. The van der Waals surface area contributed by atoms with Crippen LogP contribution in [0, 0.1) is 5.92 Å². The lowest BCUT2D eigenvalue weighted by atomic mass is 10.1. The van der Waals surface area contributed by atoms with Gasteiger partial charge < -0.3 is 4.74 Å². The van der Waals surface area contributed by atoms with Crippen molar-refractivity contribution in [1.82, 2.24) is 0 Å². The predicted octanol–water partition coefficient (Wildman–Crippen LogP) is 8.13. The molecular formula is C24H48O2S2. The van der Waals surface area contributed by atoms with Crippen LogP contribution in [0.3, 0.4) is 0 Å². The molecule has 0 saturated carbocycles. The van der Waals surface area contributed by atoms with Gasteiger partial charge in [0, 0.05) is 6.42 Å². The summed E-state index contributed by atoms with van der Waals surface area (Å²) in [5, 5.41) is 0. The Hall–Kier alpha value is 0.170. The Morgan fingerprint density at radius 1 is 0.714 bits per heavy atom. The second-order valence-electron chi connectivity index (χ2n) is 8.18. The molecule has 4 heteroatoms. The summed E-state index contributed by atoms with van der Waals surface area (Å²) in [7, 11) is 1.47. The first-order valence-corrected chi connectivity index (χ1v) is 14.2. The molecule has 0 aliphatic rings. The Kier molecular flexibility index (Phi) is 23.6. The highest BCUT2D eigenvalue weighted by Crippen LogP contribution is 2.18. The predicted molar refractivity (Wildman–Crippen MR) is 131 cm³/mol. The summed E-state index contributed by atoms with van der Waals surface area (Å²) in [5.41, 5.74) is 0. The summed E-state index contributed by atoms with van der Waals surface area (Å²) in [6.45, 7) is 4.70. The van der Waals surface area contributed by atoms with Crippen molar-refractivity contribution in [3.8, 4) is 0 Å². The molecule has 0 N–H and O–H groups in total. The van der Waals surface area contributed by atoms with Crippen LogP contribution in [0.1, 0.15) is 110 Å². The molecule has 1 atom stereocenters. The average Bonchev–Trinajstić information content (AvgIpc) is 2.70. The third kappa shape index (κ3) is 22.5. The molecule has 0 heterocycles. The zero-order valence-corrected chi connectivity index (χ0v) is 20.8. The summed E-state index contributed by atoms with van der Waals surface area (Å²) < 4.78 is 4.66. The maximum Gasteiger partial charge on any atom is 0.305 e. The van der Waals surface area contributed by atoms with Crippen molar-refractivity contribution in [2.45, 2.75) is 110 Å². The Bertz CT molecular complexity index is 324. The number of methoxy groups -OCH3 is 1. The third-order valence-corrected chi connectivity index (χ3v) is 7.86. The Morgan fingerprint density at radius 2 is 1.14 bits per heavy atom. The molecule has 0 aliphatic heterocycles. The van der Waals surface area contributed by atoms with Crippen LogP contribution in [-0.4, -0.2) is 36.1 Å². The highest BCUT2D eigenvalue weighted by Gasteiger charge is 2.03. The van der Waals surface area contributed by atoms with E-state index >= 15 is 0 Å². The molecule has 0 bridgehead atoms. The molecular weight excluding hydrogens is 384 g/mol. The van der Waals surface area contributed by atoms with E-state index in [1.807, 2.05) is 0 Å². The fourth-order valence-electron chi connectivity index (χ4n) is 3.24. The fraction of sp³-hybridized carbons (Fsp3) is 0.958. The molecule has 0 aromatic heterocycles. The van der Waals surface area contributed by atoms with E-state index < -0.39 is 0 Å². The van der Waals surface area contributed by atoms with Crippen LogP contribution in [0.15, 0.2) is 0 Å². The van der Waals surface area contributed by atoms with Crippen molar-refractivity contribution in [2.75, 3.05) is 30.1 Å². The minimum absolute atomic E-state index is 0.0665. The normalized spacial score (nSPS) is 12.2. The molecule has 0 spiro atoms. The van der Waals surface area contributed by atoms with Gasteiger partial charge in [0.25, 0.3) is 0 Å². The van der Waals surface area contributed by atoms with E-state index in [0.29, 0.717) is 6.42 Å². The van der Waals surface area contributed by atoms with Crippen molar-refractivity contribution in [3.63, 3.8) is 0 Å². The summed E-state index contributed by atoms with van der Waals surface area (Å²) in [6.07, 6.45) is 19.3. The van der Waals surface area contributed by atoms with Crippen molar-refractivity contribution in [1.29, 1.82) is 0 Å². The standard InChI is InChI=1S/C24H48O2S2/c1-4-5-6-7-13-16-19-27-21-23(2)22-28-20-17-14-11-9-8-10-12-15-18-24(25)26-3/h23H,4-22H2,1-3H3. The Balaban J connectivity index is 3.16. The van der Waals surface area contributed by atoms with Gasteiger partial charge in [-0.05, 0) is 48.2 Å². The van der Waals surface area contributed by atoms with Gasteiger partial charge in [0.2, 0.25) is 0 Å². The highest BCUT2D eigenvalue weighted by atomic mass is 32.2. The van der Waals surface area contributed by atoms with E-state index in [9.17, 15) is 4.79 Å². The Morgan fingerprint density at radius 3 is 1.61 bits per heavy atom. The van der Waals surface area contributed by atoms with Gasteiger partial charge in [-0.15, -0.1) is 0 Å². The van der Waals surface area contributed by atoms with Gasteiger partial charge in [0.1, 0.15) is 0 Å². The number of carbonyl (C=O) groups excluding carboxylic acids is 1. The lowest BCUT2D eigenvalue weighted by molar-refractivity contribution is -0.140. The van der Waals surface area contributed by atoms with Gasteiger partial charge in [-0.25, -0.2) is 0 Å². The van der Waals surface area contributed by atoms with Crippen molar-refractivity contribution in [2.24, 2.45) is 5.92 Å². The number of carbonyl (C=O) groups is 1. The van der Waals surface area contributed by atoms with Crippen LogP contribution < -0.4 is 0 Å². The van der Waals surface area contributed by atoms with Gasteiger partial charge in [-0.3, -0.25) is 4.79 Å². The monoisotopic (exact) mass is 432 g/mol. The number of hydrogen-bond acceptors (Lipinski definition) is 4. The maximum atomic E-state index is 11.0. The minimum atomic E-state index is -0.0665. The lowest BCUT2D eigenvalue weighted by Gasteiger charge is -2.10. The molecule has 0 radical (unpaired) electrons. The summed E-state index contributed by atoms with van der Waals surface area (Å²) in [5.74, 6) is 6.18. The van der Waals surface area contributed by atoms with Crippen LogP contribution >= 0.6 is 23.5 Å². The molecule has 1 unspecified atom stereocenters. The largest absolute Gasteiger partial charge is 0.469 e. The van der Waals surface area contributed by atoms with Gasteiger partial charge in [-0.2, -0.15) is 23.5 Å². The minimum Gasteiger partial charge on any atom is -0.469 e. The maximum absolute atomic E-state index is 11.0. The van der Waals surface area contributed by atoms with E-state index in [1.165, 1.54) is 114 Å². The van der Waals surface area contributed by atoms with Crippen LogP contribution in [0.4, 0.5) is 0 Å². The van der Waals surface area contributed by atoms with E-state index in [1.54, 1.807) is 0 Å². The van der Waals surface area contributed by atoms with E-state index in [2.05, 4.69) is 42.1 Å². The first-order valence-electron chi connectivity index (χ1n) is 11.9. The molecule has 0 aliphatic carbocycles. The van der Waals surface area contributed by atoms with Gasteiger partial charge in [0.05, 0.1) is 7.11 Å². The Labute approximate surface area is 185 Å². The molecule has 28 heavy (non-hydrogen) atoms. The summed E-state index contributed by atoms with van der Waals surface area (Å²) in [6, 6.07) is 0. The number of ether oxygens (including phenoxy) is 1. The number of hydrogen-bond donors (Lipinski definition) is 0. The number of esters is 1. The van der Waals surface area contributed by atoms with E-state index in [-0.39, 0.29) is 5.97 Å². The summed E-state index contributed by atoms with van der Waals surface area (Å²) in [4.78, 5) is 11.0. The molecule has 0 rings (SSSR count). The van der Waals surface area contributed by atoms with Gasteiger partial charge in [-0.1, -0.05) is 84.5 Å². The van der Waals surface area contributed by atoms with Crippen molar-refractivity contribution >= 4 is 29.5 Å². The molecule has 168 valence electrons. The first kappa shape index (κ1) is 28.2. The average molecular weight is 433 g/mol. The van der Waals surface area contributed by atoms with Crippen LogP contribution in [0.5, 0.6) is 0 Å².